The molecule has 0 radical (unpaired) electrons. The molecule has 0 saturated carbocycles. The van der Waals surface area contributed by atoms with Crippen molar-refractivity contribution in [3.8, 4) is 0 Å². The van der Waals surface area contributed by atoms with Crippen molar-refractivity contribution in [3.05, 3.63) is 58.8 Å². The number of H-pyrrole nitrogens is 1. The number of sulfone groups is 1. The number of aromatic nitrogens is 1. The molecule has 0 bridgehead atoms. The molecule has 146 valence electrons. The Kier molecular flexibility index (Phi) is 5.12. The minimum absolute atomic E-state index is 0.0877. The number of fused-ring (bicyclic) bond motifs is 1. The van der Waals surface area contributed by atoms with Crippen LogP contribution in [0.3, 0.4) is 0 Å². The van der Waals surface area contributed by atoms with Gasteiger partial charge >= 0.3 is 5.97 Å². The highest BCUT2D eigenvalue weighted by Crippen LogP contribution is 2.33. The number of hydrogen-bond donors (Lipinski definition) is 1. The molecule has 0 atom stereocenters. The van der Waals surface area contributed by atoms with Crippen LogP contribution in [0.4, 0.5) is 0 Å². The van der Waals surface area contributed by atoms with Crippen molar-refractivity contribution in [1.82, 2.24) is 4.98 Å². The third-order valence-electron chi connectivity index (χ3n) is 4.41. The van der Waals surface area contributed by atoms with Crippen LogP contribution in [0.2, 0.25) is 0 Å². The molecule has 0 unspecified atom stereocenters. The number of rotatable bonds is 5. The average Bonchev–Trinajstić information content (AvgIpc) is 3.00. The summed E-state index contributed by atoms with van der Waals surface area (Å²) in [4.78, 5) is 27.1. The first-order valence-corrected chi connectivity index (χ1v) is 10.3. The van der Waals surface area contributed by atoms with Crippen molar-refractivity contribution in [2.24, 2.45) is 0 Å². The Balaban J connectivity index is 2.38. The van der Waals surface area contributed by atoms with Gasteiger partial charge in [-0.25, -0.2) is 13.2 Å². The van der Waals surface area contributed by atoms with E-state index in [4.69, 9.17) is 4.74 Å². The highest BCUT2D eigenvalue weighted by molar-refractivity contribution is 7.91. The van der Waals surface area contributed by atoms with Gasteiger partial charge in [-0.05, 0) is 69.2 Å². The van der Waals surface area contributed by atoms with Gasteiger partial charge in [0.2, 0.25) is 9.84 Å². The van der Waals surface area contributed by atoms with Crippen molar-refractivity contribution in [2.45, 2.75) is 37.5 Å². The summed E-state index contributed by atoms with van der Waals surface area (Å²) in [5.41, 5.74) is 2.24. The number of esters is 1. The zero-order valence-electron chi connectivity index (χ0n) is 16.1. The Bertz CT molecular complexity index is 1180. The Morgan fingerprint density at radius 1 is 1.04 bits per heavy atom. The predicted octanol–water partition coefficient (Wildman–Crippen LogP) is 4.00. The SMILES string of the molecule is CCOC(=O)c1[nH]c2ccc(C(C)=O)cc2c1S(=O)(=O)c1cc(C)cc(C)c1. The second-order valence-corrected chi connectivity index (χ2v) is 8.58. The van der Waals surface area contributed by atoms with Crippen LogP contribution in [0.1, 0.15) is 45.8 Å². The first-order valence-electron chi connectivity index (χ1n) is 8.82. The number of Topliss-reactive ketones (excluding diaryl/α,β-unsaturated/α-hetero) is 1. The summed E-state index contributed by atoms with van der Waals surface area (Å²) in [5.74, 6) is -0.957. The number of ether oxygens (including phenoxy) is 1. The van der Waals surface area contributed by atoms with E-state index in [0.717, 1.165) is 11.1 Å². The molecule has 2 aromatic carbocycles. The average molecular weight is 399 g/mol. The molecule has 0 saturated heterocycles. The lowest BCUT2D eigenvalue weighted by Gasteiger charge is -2.09. The molecule has 0 aliphatic carbocycles. The smallest absolute Gasteiger partial charge is 0.356 e. The fraction of sp³-hybridized carbons (Fsp3) is 0.238. The minimum Gasteiger partial charge on any atom is -0.461 e. The van der Waals surface area contributed by atoms with Crippen LogP contribution in [0.5, 0.6) is 0 Å². The van der Waals surface area contributed by atoms with Gasteiger partial charge in [0.05, 0.1) is 11.5 Å². The molecule has 0 aliphatic heterocycles. The maximum atomic E-state index is 13.5. The van der Waals surface area contributed by atoms with Gasteiger partial charge in [0.15, 0.2) is 5.78 Å². The number of aromatic amines is 1. The van der Waals surface area contributed by atoms with Gasteiger partial charge in [-0.1, -0.05) is 6.07 Å². The predicted molar refractivity (Wildman–Crippen MR) is 106 cm³/mol. The monoisotopic (exact) mass is 399 g/mol. The van der Waals surface area contributed by atoms with E-state index in [1.165, 1.54) is 13.0 Å². The highest BCUT2D eigenvalue weighted by Gasteiger charge is 2.31. The van der Waals surface area contributed by atoms with Crippen LogP contribution < -0.4 is 0 Å². The molecule has 0 aliphatic rings. The second-order valence-electron chi connectivity index (χ2n) is 6.69. The lowest BCUT2D eigenvalue weighted by atomic mass is 10.1. The van der Waals surface area contributed by atoms with Crippen LogP contribution in [-0.4, -0.2) is 31.8 Å². The number of aryl methyl sites for hydroxylation is 2. The van der Waals surface area contributed by atoms with Gasteiger partial charge in [0.1, 0.15) is 10.6 Å². The molecule has 1 N–H and O–H groups in total. The molecule has 0 fully saturated rings. The van der Waals surface area contributed by atoms with Crippen LogP contribution in [-0.2, 0) is 14.6 Å². The van der Waals surface area contributed by atoms with E-state index < -0.39 is 15.8 Å². The van der Waals surface area contributed by atoms with E-state index in [2.05, 4.69) is 4.98 Å². The third kappa shape index (κ3) is 3.45. The van der Waals surface area contributed by atoms with Gasteiger partial charge in [-0.2, -0.15) is 0 Å². The van der Waals surface area contributed by atoms with Crippen molar-refractivity contribution < 1.29 is 22.7 Å². The maximum absolute atomic E-state index is 13.5. The molecule has 1 aromatic heterocycles. The van der Waals surface area contributed by atoms with Gasteiger partial charge < -0.3 is 9.72 Å². The lowest BCUT2D eigenvalue weighted by Crippen LogP contribution is -2.12. The fourth-order valence-corrected chi connectivity index (χ4v) is 5.00. The molecule has 0 spiro atoms. The Hall–Kier alpha value is -2.93. The molecule has 0 amide bonds. The standard InChI is InChI=1S/C21H21NO5S/c1-5-27-21(24)19-20(17-11-15(14(4)23)6-7-18(17)22-19)28(25,26)16-9-12(2)8-13(3)10-16/h6-11,22H,5H2,1-4H3. The van der Waals surface area contributed by atoms with Gasteiger partial charge in [0, 0.05) is 16.5 Å². The summed E-state index contributed by atoms with van der Waals surface area (Å²) < 4.78 is 32.1. The number of hydrogen-bond acceptors (Lipinski definition) is 5. The number of carbonyl (C=O) groups is 2. The van der Waals surface area contributed by atoms with Crippen molar-refractivity contribution >= 4 is 32.5 Å². The second kappa shape index (κ2) is 7.24. The van der Waals surface area contributed by atoms with Crippen molar-refractivity contribution in [3.63, 3.8) is 0 Å². The van der Waals surface area contributed by atoms with Crippen LogP contribution >= 0.6 is 0 Å². The molecular formula is C21H21NO5S. The fourth-order valence-electron chi connectivity index (χ4n) is 3.22. The molecule has 28 heavy (non-hydrogen) atoms. The summed E-state index contributed by atoms with van der Waals surface area (Å²) in [7, 11) is -4.05. The summed E-state index contributed by atoms with van der Waals surface area (Å²) in [6.07, 6.45) is 0. The molecule has 3 rings (SSSR count). The normalized spacial score (nSPS) is 11.6. The highest BCUT2D eigenvalue weighted by atomic mass is 32.2. The number of ketones is 1. The van der Waals surface area contributed by atoms with E-state index in [1.807, 2.05) is 6.07 Å². The van der Waals surface area contributed by atoms with E-state index in [1.54, 1.807) is 45.0 Å². The number of benzene rings is 2. The van der Waals surface area contributed by atoms with E-state index >= 15 is 0 Å². The van der Waals surface area contributed by atoms with Crippen molar-refractivity contribution in [2.75, 3.05) is 6.61 Å². The summed E-state index contributed by atoms with van der Waals surface area (Å²) >= 11 is 0. The first kappa shape index (κ1) is 19.8. The Morgan fingerprint density at radius 2 is 1.68 bits per heavy atom. The molecule has 1 heterocycles. The van der Waals surface area contributed by atoms with Gasteiger partial charge in [-0.3, -0.25) is 4.79 Å². The van der Waals surface area contributed by atoms with E-state index in [-0.39, 0.29) is 33.3 Å². The maximum Gasteiger partial charge on any atom is 0.356 e. The van der Waals surface area contributed by atoms with Gasteiger partial charge in [-0.15, -0.1) is 0 Å². The largest absolute Gasteiger partial charge is 0.461 e. The first-order chi connectivity index (χ1) is 13.1. The molecular weight excluding hydrogens is 378 g/mol. The summed E-state index contributed by atoms with van der Waals surface area (Å²) in [5, 5.41) is 0.287. The summed E-state index contributed by atoms with van der Waals surface area (Å²) in [6.45, 7) is 6.77. The summed E-state index contributed by atoms with van der Waals surface area (Å²) in [6, 6.07) is 9.66. The van der Waals surface area contributed by atoms with E-state index in [9.17, 15) is 18.0 Å². The Morgan fingerprint density at radius 3 is 2.25 bits per heavy atom. The van der Waals surface area contributed by atoms with Crippen LogP contribution in [0.15, 0.2) is 46.2 Å². The molecule has 7 heteroatoms. The topological polar surface area (TPSA) is 93.3 Å². The minimum atomic E-state index is -4.05. The number of nitrogens with one attached hydrogen (secondary N) is 1. The molecule has 6 nitrogen and oxygen atoms in total. The number of carbonyl (C=O) groups excluding carboxylic acids is 2. The lowest BCUT2D eigenvalue weighted by molar-refractivity contribution is 0.0516. The zero-order valence-corrected chi connectivity index (χ0v) is 16.9. The van der Waals surface area contributed by atoms with Crippen LogP contribution in [0.25, 0.3) is 10.9 Å². The van der Waals surface area contributed by atoms with Crippen molar-refractivity contribution in [1.29, 1.82) is 0 Å². The third-order valence-corrected chi connectivity index (χ3v) is 6.23. The Labute approximate surface area is 163 Å². The molecule has 3 aromatic rings. The quantitative estimate of drug-likeness (QED) is 0.517. The zero-order chi connectivity index (χ0) is 20.6. The van der Waals surface area contributed by atoms with E-state index in [0.29, 0.717) is 11.1 Å². The van der Waals surface area contributed by atoms with Crippen LogP contribution in [0, 0.1) is 13.8 Å². The van der Waals surface area contributed by atoms with Gasteiger partial charge in [0.25, 0.3) is 0 Å².